The van der Waals surface area contributed by atoms with E-state index in [4.69, 9.17) is 17.2 Å². The molecule has 1 aliphatic rings. The van der Waals surface area contributed by atoms with Crippen molar-refractivity contribution in [2.45, 2.75) is 13.1 Å². The van der Waals surface area contributed by atoms with Crippen molar-refractivity contribution >= 4 is 41.2 Å². The molecule has 0 fully saturated rings. The van der Waals surface area contributed by atoms with E-state index in [2.05, 4.69) is 9.89 Å². The lowest BCUT2D eigenvalue weighted by Crippen LogP contribution is -2.42. The third-order valence-corrected chi connectivity index (χ3v) is 2.71. The van der Waals surface area contributed by atoms with Crippen LogP contribution in [0.5, 0.6) is 0 Å². The summed E-state index contributed by atoms with van der Waals surface area (Å²) in [6.07, 6.45) is -0.0416. The Morgan fingerprint density at radius 3 is 2.59 bits per heavy atom. The zero-order valence-corrected chi connectivity index (χ0v) is 12.1. The molecule has 6 heteroatoms. The van der Waals surface area contributed by atoms with Gasteiger partial charge in [-0.05, 0) is 25.1 Å². The molecule has 5 nitrogen and oxygen atoms in total. The molecule has 1 heterocycles. The van der Waals surface area contributed by atoms with Gasteiger partial charge in [0, 0.05) is 12.1 Å². The Morgan fingerprint density at radius 1 is 1.29 bits per heavy atom. The number of halogens is 1. The Bertz CT molecular complexity index is 430. The highest BCUT2D eigenvalue weighted by molar-refractivity contribution is 14.0. The molecule has 1 aromatic rings. The van der Waals surface area contributed by atoms with Crippen LogP contribution in [0.25, 0.3) is 0 Å². The van der Waals surface area contributed by atoms with Crippen LogP contribution in [-0.2, 0) is 0 Å². The van der Waals surface area contributed by atoms with E-state index in [-0.39, 0.29) is 30.1 Å². The highest BCUT2D eigenvalue weighted by Gasteiger charge is 2.21. The van der Waals surface area contributed by atoms with E-state index < -0.39 is 0 Å². The molecule has 0 amide bonds. The first-order chi connectivity index (χ1) is 7.59. The fourth-order valence-corrected chi connectivity index (χ4v) is 1.83. The molecule has 0 saturated carbocycles. The maximum Gasteiger partial charge on any atom is 0.132 e. The van der Waals surface area contributed by atoms with Crippen molar-refractivity contribution in [1.82, 2.24) is 4.90 Å². The van der Waals surface area contributed by atoms with Gasteiger partial charge in [0.15, 0.2) is 0 Å². The maximum atomic E-state index is 5.88. The van der Waals surface area contributed by atoms with Gasteiger partial charge in [-0.3, -0.25) is 4.99 Å². The van der Waals surface area contributed by atoms with Crippen LogP contribution in [0.4, 0.5) is 11.4 Å². The van der Waals surface area contributed by atoms with E-state index in [1.807, 2.05) is 19.1 Å². The summed E-state index contributed by atoms with van der Waals surface area (Å²) in [5.41, 5.74) is 19.5. The van der Waals surface area contributed by atoms with E-state index in [0.717, 1.165) is 24.5 Å². The average molecular weight is 347 g/mol. The van der Waals surface area contributed by atoms with Gasteiger partial charge in [-0.15, -0.1) is 24.0 Å². The number of rotatable bonds is 2. The van der Waals surface area contributed by atoms with Gasteiger partial charge in [-0.2, -0.15) is 0 Å². The molecule has 0 aliphatic carbocycles. The molecular weight excluding hydrogens is 329 g/mol. The molecule has 1 aromatic carbocycles. The Hall–Kier alpha value is -1.02. The van der Waals surface area contributed by atoms with Crippen molar-refractivity contribution in [3.05, 3.63) is 23.8 Å². The van der Waals surface area contributed by atoms with E-state index in [1.165, 1.54) is 0 Å². The molecule has 1 aliphatic heterocycles. The van der Waals surface area contributed by atoms with E-state index >= 15 is 0 Å². The van der Waals surface area contributed by atoms with Crippen molar-refractivity contribution in [2.75, 3.05) is 24.6 Å². The summed E-state index contributed by atoms with van der Waals surface area (Å²) in [4.78, 5) is 6.51. The number of aliphatic imine (C=N–C) groups is 1. The molecule has 0 saturated heterocycles. The summed E-state index contributed by atoms with van der Waals surface area (Å²) in [6.45, 7) is 3.58. The van der Waals surface area contributed by atoms with Crippen LogP contribution >= 0.6 is 24.0 Å². The Labute approximate surface area is 118 Å². The number of hydrogen-bond acceptors (Lipinski definition) is 5. The van der Waals surface area contributed by atoms with Crippen molar-refractivity contribution in [3.63, 3.8) is 0 Å². The van der Waals surface area contributed by atoms with Gasteiger partial charge in [0.05, 0.1) is 24.1 Å². The van der Waals surface area contributed by atoms with E-state index in [1.54, 1.807) is 6.07 Å². The minimum absolute atomic E-state index is 0. The SMILES string of the molecule is CC(N)N1CCN=C1c1ccc(N)c(N)c1.I. The first-order valence-corrected chi connectivity index (χ1v) is 5.31. The average Bonchev–Trinajstić information content (AvgIpc) is 2.71. The standard InChI is InChI=1S/C11H17N5.HI/c1-7(12)16-5-4-15-11(16)8-2-3-9(13)10(14)6-8;/h2-3,6-7H,4-5,12-14H2,1H3;1H. The van der Waals surface area contributed by atoms with Crippen LogP contribution in [-0.4, -0.2) is 30.0 Å². The van der Waals surface area contributed by atoms with Crippen LogP contribution in [0, 0.1) is 0 Å². The maximum absolute atomic E-state index is 5.88. The van der Waals surface area contributed by atoms with Gasteiger partial charge < -0.3 is 22.1 Å². The second kappa shape index (κ2) is 5.54. The molecule has 0 spiro atoms. The van der Waals surface area contributed by atoms with Gasteiger partial charge in [0.25, 0.3) is 0 Å². The van der Waals surface area contributed by atoms with E-state index in [0.29, 0.717) is 11.4 Å². The fraction of sp³-hybridized carbons (Fsp3) is 0.364. The number of nitrogens with two attached hydrogens (primary N) is 3. The Kier molecular flexibility index (Phi) is 4.58. The molecule has 1 unspecified atom stereocenters. The number of nitrogen functional groups attached to an aromatic ring is 2. The smallest absolute Gasteiger partial charge is 0.132 e. The number of anilines is 2. The van der Waals surface area contributed by atoms with Crippen LogP contribution in [0.3, 0.4) is 0 Å². The lowest BCUT2D eigenvalue weighted by atomic mass is 10.1. The zero-order valence-electron chi connectivity index (χ0n) is 9.76. The van der Waals surface area contributed by atoms with Crippen molar-refractivity contribution in [3.8, 4) is 0 Å². The highest BCUT2D eigenvalue weighted by atomic mass is 127. The Morgan fingerprint density at radius 2 is 2.00 bits per heavy atom. The molecular formula is C11H18IN5. The number of nitrogens with zero attached hydrogens (tertiary/aromatic N) is 2. The minimum atomic E-state index is -0.0416. The zero-order chi connectivity index (χ0) is 11.7. The summed E-state index contributed by atoms with van der Waals surface area (Å²) in [5.74, 6) is 0.904. The fourth-order valence-electron chi connectivity index (χ4n) is 1.83. The van der Waals surface area contributed by atoms with Crippen LogP contribution in [0.2, 0.25) is 0 Å². The largest absolute Gasteiger partial charge is 0.397 e. The summed E-state index contributed by atoms with van der Waals surface area (Å²) < 4.78 is 0. The van der Waals surface area contributed by atoms with Gasteiger partial charge in [-0.1, -0.05) is 0 Å². The van der Waals surface area contributed by atoms with Crippen molar-refractivity contribution in [2.24, 2.45) is 10.7 Å². The lowest BCUT2D eigenvalue weighted by Gasteiger charge is -2.24. The molecule has 17 heavy (non-hydrogen) atoms. The lowest BCUT2D eigenvalue weighted by molar-refractivity contribution is 0.366. The second-order valence-corrected chi connectivity index (χ2v) is 3.98. The topological polar surface area (TPSA) is 93.7 Å². The number of benzene rings is 1. The molecule has 94 valence electrons. The van der Waals surface area contributed by atoms with Gasteiger partial charge >= 0.3 is 0 Å². The molecule has 6 N–H and O–H groups in total. The van der Waals surface area contributed by atoms with Crippen LogP contribution in [0.1, 0.15) is 12.5 Å². The summed E-state index contributed by atoms with van der Waals surface area (Å²) >= 11 is 0. The van der Waals surface area contributed by atoms with Crippen molar-refractivity contribution < 1.29 is 0 Å². The second-order valence-electron chi connectivity index (χ2n) is 3.98. The molecule has 2 rings (SSSR count). The molecule has 1 atom stereocenters. The monoisotopic (exact) mass is 347 g/mol. The van der Waals surface area contributed by atoms with Gasteiger partial charge in [0.1, 0.15) is 5.84 Å². The first kappa shape index (κ1) is 14.0. The van der Waals surface area contributed by atoms with Crippen LogP contribution in [0.15, 0.2) is 23.2 Å². The third-order valence-electron chi connectivity index (χ3n) is 2.71. The summed E-state index contributed by atoms with van der Waals surface area (Å²) in [7, 11) is 0. The van der Waals surface area contributed by atoms with Crippen LogP contribution < -0.4 is 17.2 Å². The third kappa shape index (κ3) is 2.81. The Balaban J connectivity index is 0.00000144. The minimum Gasteiger partial charge on any atom is -0.397 e. The summed E-state index contributed by atoms with van der Waals surface area (Å²) in [6, 6.07) is 5.56. The normalized spacial score (nSPS) is 16.4. The van der Waals surface area contributed by atoms with Crippen molar-refractivity contribution in [1.29, 1.82) is 0 Å². The predicted molar refractivity (Wildman–Crippen MR) is 82.4 cm³/mol. The number of amidine groups is 1. The van der Waals surface area contributed by atoms with Gasteiger partial charge in [0.2, 0.25) is 0 Å². The quantitative estimate of drug-likeness (QED) is 0.546. The summed E-state index contributed by atoms with van der Waals surface area (Å²) in [5, 5.41) is 0. The first-order valence-electron chi connectivity index (χ1n) is 5.31. The molecule has 0 radical (unpaired) electrons. The highest BCUT2D eigenvalue weighted by Crippen LogP contribution is 2.19. The predicted octanol–water partition coefficient (Wildman–Crippen LogP) is 0.836. The van der Waals surface area contributed by atoms with Gasteiger partial charge in [-0.25, -0.2) is 0 Å². The van der Waals surface area contributed by atoms with E-state index in [9.17, 15) is 0 Å². The number of hydrogen-bond donors (Lipinski definition) is 3. The molecule has 0 bridgehead atoms. The molecule has 0 aromatic heterocycles.